The number of aliphatic carboxylic acids is 1. The van der Waals surface area contributed by atoms with Gasteiger partial charge in [0.25, 0.3) is 0 Å². The van der Waals surface area contributed by atoms with Crippen molar-refractivity contribution in [1.82, 2.24) is 14.9 Å². The van der Waals surface area contributed by atoms with Crippen LogP contribution in [0.5, 0.6) is 0 Å². The maximum absolute atomic E-state index is 10.9. The average Bonchev–Trinajstić information content (AvgIpc) is 2.67. The first-order valence-corrected chi connectivity index (χ1v) is 5.85. The van der Waals surface area contributed by atoms with Crippen molar-refractivity contribution in [1.29, 1.82) is 0 Å². The molecule has 18 heavy (non-hydrogen) atoms. The molecule has 1 aromatic carbocycles. The second-order valence-corrected chi connectivity index (χ2v) is 4.60. The van der Waals surface area contributed by atoms with E-state index < -0.39 is 12.0 Å². The van der Waals surface area contributed by atoms with E-state index in [4.69, 9.17) is 5.11 Å². The molecule has 2 N–H and O–H groups in total. The summed E-state index contributed by atoms with van der Waals surface area (Å²) in [6.45, 7) is 4.20. The number of carboxylic acid groups (broad SMARTS) is 1. The number of nitrogens with zero attached hydrogens (tertiary/aromatic N) is 2. The molecule has 5 heteroatoms. The molecule has 1 heterocycles. The summed E-state index contributed by atoms with van der Waals surface area (Å²) in [5.41, 5.74) is 2.99. The van der Waals surface area contributed by atoms with E-state index in [2.05, 4.69) is 9.97 Å². The quantitative estimate of drug-likeness (QED) is 0.864. The van der Waals surface area contributed by atoms with Gasteiger partial charge in [0.05, 0.1) is 11.0 Å². The number of aromatic nitrogens is 2. The van der Waals surface area contributed by atoms with E-state index in [-0.39, 0.29) is 0 Å². The molecule has 1 aromatic heterocycles. The molecule has 96 valence electrons. The van der Waals surface area contributed by atoms with Crippen molar-refractivity contribution in [3.8, 4) is 0 Å². The molecule has 0 fully saturated rings. The zero-order valence-corrected chi connectivity index (χ0v) is 10.8. The van der Waals surface area contributed by atoms with Gasteiger partial charge in [0.2, 0.25) is 0 Å². The maximum Gasteiger partial charge on any atom is 0.320 e. The summed E-state index contributed by atoms with van der Waals surface area (Å²) in [4.78, 5) is 20.2. The third kappa shape index (κ3) is 2.51. The van der Waals surface area contributed by atoms with Crippen molar-refractivity contribution < 1.29 is 9.90 Å². The Morgan fingerprint density at radius 1 is 1.56 bits per heavy atom. The first-order chi connectivity index (χ1) is 8.47. The molecule has 2 rings (SSSR count). The normalized spacial score (nSPS) is 13.1. The molecule has 0 amide bonds. The SMILES string of the molecule is Cc1nc2ccc(CN(C)C(C)C(=O)O)cc2[nH]1. The molecule has 0 aliphatic carbocycles. The Hall–Kier alpha value is -1.88. The molecule has 1 atom stereocenters. The number of rotatable bonds is 4. The minimum atomic E-state index is -0.809. The molecular formula is C13H17N3O2. The lowest BCUT2D eigenvalue weighted by molar-refractivity contribution is -0.142. The molecular weight excluding hydrogens is 230 g/mol. The van der Waals surface area contributed by atoms with Crippen molar-refractivity contribution in [2.75, 3.05) is 7.05 Å². The fraction of sp³-hybridized carbons (Fsp3) is 0.385. The lowest BCUT2D eigenvalue weighted by atomic mass is 10.1. The summed E-state index contributed by atoms with van der Waals surface area (Å²) in [5, 5.41) is 8.95. The Labute approximate surface area is 105 Å². The Balaban J connectivity index is 2.18. The summed E-state index contributed by atoms with van der Waals surface area (Å²) in [5.74, 6) is 0.0744. The van der Waals surface area contributed by atoms with Gasteiger partial charge in [-0.2, -0.15) is 0 Å². The Morgan fingerprint density at radius 3 is 2.94 bits per heavy atom. The van der Waals surface area contributed by atoms with Crippen LogP contribution in [0.1, 0.15) is 18.3 Å². The van der Waals surface area contributed by atoms with Crippen LogP contribution in [0.4, 0.5) is 0 Å². The van der Waals surface area contributed by atoms with Gasteiger partial charge in [-0.25, -0.2) is 4.98 Å². The number of aromatic amines is 1. The molecule has 2 aromatic rings. The van der Waals surface area contributed by atoms with E-state index in [1.807, 2.05) is 25.1 Å². The number of carboxylic acids is 1. The predicted octanol–water partition coefficient (Wildman–Crippen LogP) is 1.78. The molecule has 0 aliphatic rings. The van der Waals surface area contributed by atoms with Crippen molar-refractivity contribution in [2.45, 2.75) is 26.4 Å². The number of H-pyrrole nitrogens is 1. The number of likely N-dealkylation sites (N-methyl/N-ethyl adjacent to an activating group) is 1. The van der Waals surface area contributed by atoms with E-state index >= 15 is 0 Å². The number of carbonyl (C=O) groups is 1. The van der Waals surface area contributed by atoms with Crippen molar-refractivity contribution in [3.63, 3.8) is 0 Å². The van der Waals surface area contributed by atoms with Gasteiger partial charge in [0, 0.05) is 6.54 Å². The maximum atomic E-state index is 10.9. The summed E-state index contributed by atoms with van der Waals surface area (Å²) >= 11 is 0. The van der Waals surface area contributed by atoms with Crippen LogP contribution in [0, 0.1) is 6.92 Å². The standard InChI is InChI=1S/C13H17N3O2/c1-8(13(17)18)16(3)7-10-4-5-11-12(6-10)15-9(2)14-11/h4-6,8H,7H2,1-3H3,(H,14,15)(H,17,18). The highest BCUT2D eigenvalue weighted by Crippen LogP contribution is 2.15. The fourth-order valence-electron chi connectivity index (χ4n) is 1.90. The smallest absolute Gasteiger partial charge is 0.320 e. The van der Waals surface area contributed by atoms with Crippen molar-refractivity contribution in [3.05, 3.63) is 29.6 Å². The lowest BCUT2D eigenvalue weighted by Crippen LogP contribution is -2.35. The second kappa shape index (κ2) is 4.78. The number of hydrogen-bond donors (Lipinski definition) is 2. The monoisotopic (exact) mass is 247 g/mol. The lowest BCUT2D eigenvalue weighted by Gasteiger charge is -2.20. The molecule has 0 bridgehead atoms. The summed E-state index contributed by atoms with van der Waals surface area (Å²) in [6.07, 6.45) is 0. The molecule has 0 saturated carbocycles. The Kier molecular flexibility index (Phi) is 3.34. The van der Waals surface area contributed by atoms with Gasteiger partial charge in [-0.1, -0.05) is 6.07 Å². The highest BCUT2D eigenvalue weighted by molar-refractivity contribution is 5.76. The van der Waals surface area contributed by atoms with Gasteiger partial charge in [0.15, 0.2) is 0 Å². The minimum absolute atomic E-state index is 0.496. The zero-order valence-electron chi connectivity index (χ0n) is 10.8. The molecule has 5 nitrogen and oxygen atoms in total. The Morgan fingerprint density at radius 2 is 2.28 bits per heavy atom. The third-order valence-electron chi connectivity index (χ3n) is 3.12. The molecule has 1 unspecified atom stereocenters. The van der Waals surface area contributed by atoms with E-state index in [0.29, 0.717) is 6.54 Å². The third-order valence-corrected chi connectivity index (χ3v) is 3.12. The molecule has 0 aliphatic heterocycles. The summed E-state index contributed by atoms with van der Waals surface area (Å²) in [6, 6.07) is 5.45. The van der Waals surface area contributed by atoms with Crippen LogP contribution in [0.15, 0.2) is 18.2 Å². The van der Waals surface area contributed by atoms with Gasteiger partial charge in [-0.05, 0) is 38.6 Å². The molecule has 0 radical (unpaired) electrons. The number of fused-ring (bicyclic) bond motifs is 1. The van der Waals surface area contributed by atoms with E-state index in [0.717, 1.165) is 22.4 Å². The van der Waals surface area contributed by atoms with Gasteiger partial charge in [-0.3, -0.25) is 9.69 Å². The summed E-state index contributed by atoms with van der Waals surface area (Å²) < 4.78 is 0. The highest BCUT2D eigenvalue weighted by Gasteiger charge is 2.16. The van der Waals surface area contributed by atoms with Gasteiger partial charge in [0.1, 0.15) is 11.9 Å². The number of hydrogen-bond acceptors (Lipinski definition) is 3. The van der Waals surface area contributed by atoms with Crippen LogP contribution in [0.3, 0.4) is 0 Å². The topological polar surface area (TPSA) is 69.2 Å². The summed E-state index contributed by atoms with van der Waals surface area (Å²) in [7, 11) is 1.81. The predicted molar refractivity (Wildman–Crippen MR) is 69.4 cm³/mol. The van der Waals surface area contributed by atoms with Gasteiger partial charge in [-0.15, -0.1) is 0 Å². The van der Waals surface area contributed by atoms with Crippen LogP contribution in [0.2, 0.25) is 0 Å². The van der Waals surface area contributed by atoms with Crippen LogP contribution < -0.4 is 0 Å². The van der Waals surface area contributed by atoms with Crippen molar-refractivity contribution >= 4 is 17.0 Å². The number of benzene rings is 1. The number of imidazole rings is 1. The number of aryl methyl sites for hydroxylation is 1. The Bertz CT molecular complexity index is 577. The van der Waals surface area contributed by atoms with Gasteiger partial charge < -0.3 is 10.1 Å². The zero-order chi connectivity index (χ0) is 13.3. The van der Waals surface area contributed by atoms with Gasteiger partial charge >= 0.3 is 5.97 Å². The number of nitrogens with one attached hydrogen (secondary N) is 1. The first-order valence-electron chi connectivity index (χ1n) is 5.85. The minimum Gasteiger partial charge on any atom is -0.480 e. The second-order valence-electron chi connectivity index (χ2n) is 4.60. The van der Waals surface area contributed by atoms with Crippen LogP contribution in [-0.2, 0) is 11.3 Å². The van der Waals surface area contributed by atoms with Crippen LogP contribution in [-0.4, -0.2) is 39.0 Å². The van der Waals surface area contributed by atoms with Crippen LogP contribution in [0.25, 0.3) is 11.0 Å². The fourth-order valence-corrected chi connectivity index (χ4v) is 1.90. The van der Waals surface area contributed by atoms with E-state index in [1.54, 1.807) is 18.9 Å². The van der Waals surface area contributed by atoms with E-state index in [9.17, 15) is 4.79 Å². The first kappa shape index (κ1) is 12.6. The van der Waals surface area contributed by atoms with Crippen LogP contribution >= 0.6 is 0 Å². The highest BCUT2D eigenvalue weighted by atomic mass is 16.4. The molecule has 0 saturated heterocycles. The van der Waals surface area contributed by atoms with E-state index in [1.165, 1.54) is 0 Å². The largest absolute Gasteiger partial charge is 0.480 e. The van der Waals surface area contributed by atoms with Crippen molar-refractivity contribution in [2.24, 2.45) is 0 Å². The molecule has 0 spiro atoms. The average molecular weight is 247 g/mol.